The molecule has 0 radical (unpaired) electrons. The highest BCUT2D eigenvalue weighted by atomic mass is 79.9. The second-order valence-electron chi connectivity index (χ2n) is 5.29. The number of aromatic nitrogens is 4. The van der Waals surface area contributed by atoms with E-state index in [1.165, 1.54) is 23.7 Å². The topological polar surface area (TPSA) is 35.6 Å². The first-order valence-electron chi connectivity index (χ1n) is 6.96. The molecule has 4 nitrogen and oxygen atoms in total. The average molecular weight is 331 g/mol. The minimum absolute atomic E-state index is 0.785. The molecule has 1 aliphatic rings. The van der Waals surface area contributed by atoms with Crippen molar-refractivity contribution in [1.29, 1.82) is 0 Å². The first-order chi connectivity index (χ1) is 9.81. The Morgan fingerprint density at radius 2 is 2.10 bits per heavy atom. The van der Waals surface area contributed by atoms with Gasteiger partial charge < -0.3 is 9.13 Å². The summed E-state index contributed by atoms with van der Waals surface area (Å²) in [7, 11) is 0. The molecule has 0 saturated heterocycles. The summed E-state index contributed by atoms with van der Waals surface area (Å²) in [6, 6.07) is 8.51. The van der Waals surface area contributed by atoms with Gasteiger partial charge in [0, 0.05) is 29.2 Å². The second-order valence-corrected chi connectivity index (χ2v) is 6.20. The number of benzene rings is 1. The first-order valence-corrected chi connectivity index (χ1v) is 7.76. The fourth-order valence-electron chi connectivity index (χ4n) is 2.93. The van der Waals surface area contributed by atoms with Crippen LogP contribution < -0.4 is 0 Å². The van der Waals surface area contributed by atoms with Crippen molar-refractivity contribution < 1.29 is 0 Å². The highest BCUT2D eigenvalue weighted by Gasteiger charge is 2.16. The number of hydrogen-bond acceptors (Lipinski definition) is 2. The summed E-state index contributed by atoms with van der Waals surface area (Å²) in [5.41, 5.74) is 1.23. The van der Waals surface area contributed by atoms with Crippen molar-refractivity contribution in [2.24, 2.45) is 0 Å². The van der Waals surface area contributed by atoms with Gasteiger partial charge in [-0.25, -0.2) is 0 Å². The summed E-state index contributed by atoms with van der Waals surface area (Å²) in [5.74, 6) is 2.21. The maximum Gasteiger partial charge on any atom is 0.153 e. The van der Waals surface area contributed by atoms with E-state index in [1.807, 2.05) is 0 Å². The van der Waals surface area contributed by atoms with Crippen LogP contribution in [0, 0.1) is 0 Å². The van der Waals surface area contributed by atoms with Gasteiger partial charge in [0.05, 0.1) is 6.54 Å². The predicted octanol–water partition coefficient (Wildman–Crippen LogP) is 3.38. The van der Waals surface area contributed by atoms with E-state index in [9.17, 15) is 0 Å². The maximum absolute atomic E-state index is 4.38. The normalized spacial score (nSPS) is 14.7. The molecule has 102 valence electrons. The molecule has 5 heteroatoms. The molecule has 0 amide bonds. The van der Waals surface area contributed by atoms with Gasteiger partial charge in [0.1, 0.15) is 5.82 Å². The number of nitrogens with zero attached hydrogens (tertiary/aromatic N) is 4. The highest BCUT2D eigenvalue weighted by molar-refractivity contribution is 9.10. The summed E-state index contributed by atoms with van der Waals surface area (Å²) in [5, 5.41) is 9.96. The first kappa shape index (κ1) is 12.1. The number of rotatable bonds is 2. The molecule has 4 rings (SSSR count). The third-order valence-corrected chi connectivity index (χ3v) is 4.48. The Balaban J connectivity index is 1.74. The Morgan fingerprint density at radius 1 is 1.15 bits per heavy atom. The molecule has 3 heterocycles. The van der Waals surface area contributed by atoms with E-state index in [-0.39, 0.29) is 0 Å². The molecule has 0 bridgehead atoms. The van der Waals surface area contributed by atoms with Crippen molar-refractivity contribution in [2.75, 3.05) is 0 Å². The van der Waals surface area contributed by atoms with Gasteiger partial charge >= 0.3 is 0 Å². The molecular weight excluding hydrogens is 316 g/mol. The molecule has 20 heavy (non-hydrogen) atoms. The number of aryl methyl sites for hydroxylation is 1. The average Bonchev–Trinajstić information content (AvgIpc) is 3.05. The van der Waals surface area contributed by atoms with Crippen LogP contribution in [0.1, 0.15) is 24.5 Å². The Kier molecular flexibility index (Phi) is 2.88. The minimum Gasteiger partial charge on any atom is -0.340 e. The number of hydrogen-bond donors (Lipinski definition) is 0. The van der Waals surface area contributed by atoms with Crippen LogP contribution in [0.4, 0.5) is 0 Å². The van der Waals surface area contributed by atoms with Crippen molar-refractivity contribution in [1.82, 2.24) is 19.3 Å². The fourth-order valence-corrected chi connectivity index (χ4v) is 3.28. The smallest absolute Gasteiger partial charge is 0.153 e. The molecule has 0 spiro atoms. The highest BCUT2D eigenvalue weighted by Crippen LogP contribution is 2.22. The Labute approximate surface area is 125 Å². The van der Waals surface area contributed by atoms with Crippen molar-refractivity contribution in [3.05, 3.63) is 46.6 Å². The molecule has 0 saturated carbocycles. The van der Waals surface area contributed by atoms with Crippen LogP contribution in [0.25, 0.3) is 10.9 Å². The number of halogens is 1. The molecule has 1 aromatic carbocycles. The van der Waals surface area contributed by atoms with Crippen LogP contribution in [-0.2, 0) is 19.5 Å². The molecule has 2 aromatic heterocycles. The fraction of sp³-hybridized carbons (Fsp3) is 0.333. The molecule has 0 atom stereocenters. The van der Waals surface area contributed by atoms with E-state index in [0.29, 0.717) is 0 Å². The lowest BCUT2D eigenvalue weighted by Crippen LogP contribution is -2.14. The van der Waals surface area contributed by atoms with Crippen LogP contribution in [0.15, 0.2) is 34.9 Å². The zero-order valence-electron chi connectivity index (χ0n) is 11.1. The molecule has 3 aromatic rings. The van der Waals surface area contributed by atoms with Gasteiger partial charge in [-0.05, 0) is 36.4 Å². The zero-order chi connectivity index (χ0) is 13.5. The van der Waals surface area contributed by atoms with Gasteiger partial charge in [-0.15, -0.1) is 10.2 Å². The maximum atomic E-state index is 4.38. The van der Waals surface area contributed by atoms with Crippen LogP contribution in [-0.4, -0.2) is 19.3 Å². The lowest BCUT2D eigenvalue weighted by molar-refractivity contribution is 0.503. The van der Waals surface area contributed by atoms with Gasteiger partial charge in [-0.1, -0.05) is 22.0 Å². The summed E-state index contributed by atoms with van der Waals surface area (Å²) in [6.07, 6.45) is 5.65. The molecule has 0 fully saturated rings. The SMILES string of the molecule is Brc1ccc2ccn(Cc3nnc4n3CCCC4)c2c1. The minimum atomic E-state index is 0.785. The summed E-state index contributed by atoms with van der Waals surface area (Å²) in [6.45, 7) is 1.84. The van der Waals surface area contributed by atoms with E-state index in [1.54, 1.807) is 0 Å². The van der Waals surface area contributed by atoms with E-state index in [0.717, 1.165) is 35.6 Å². The number of fused-ring (bicyclic) bond motifs is 2. The van der Waals surface area contributed by atoms with Crippen LogP contribution in [0.3, 0.4) is 0 Å². The molecule has 0 aliphatic carbocycles. The van der Waals surface area contributed by atoms with Gasteiger partial charge in [0.15, 0.2) is 5.82 Å². The zero-order valence-corrected chi connectivity index (χ0v) is 12.7. The second kappa shape index (κ2) is 4.74. The van der Waals surface area contributed by atoms with E-state index < -0.39 is 0 Å². The Bertz CT molecular complexity index is 771. The Hall–Kier alpha value is -1.62. The monoisotopic (exact) mass is 330 g/mol. The summed E-state index contributed by atoms with van der Waals surface area (Å²) < 4.78 is 5.63. The molecule has 1 aliphatic heterocycles. The third-order valence-electron chi connectivity index (χ3n) is 3.98. The van der Waals surface area contributed by atoms with E-state index >= 15 is 0 Å². The quantitative estimate of drug-likeness (QED) is 0.722. The molecular formula is C15H15BrN4. The van der Waals surface area contributed by atoms with Crippen LogP contribution >= 0.6 is 15.9 Å². The van der Waals surface area contributed by atoms with Gasteiger partial charge in [-0.3, -0.25) is 0 Å². The summed E-state index contributed by atoms with van der Waals surface area (Å²) >= 11 is 3.54. The lowest BCUT2D eigenvalue weighted by Gasteiger charge is -2.15. The van der Waals surface area contributed by atoms with Crippen molar-refractivity contribution >= 4 is 26.8 Å². The van der Waals surface area contributed by atoms with E-state index in [2.05, 4.69) is 65.7 Å². The third kappa shape index (κ3) is 1.97. The standard InChI is InChI=1S/C15H15BrN4/c16-12-5-4-11-6-8-19(13(11)9-12)10-15-18-17-14-3-1-2-7-20(14)15/h4-6,8-9H,1-3,7,10H2. The van der Waals surface area contributed by atoms with Gasteiger partial charge in [-0.2, -0.15) is 0 Å². The Morgan fingerprint density at radius 3 is 3.05 bits per heavy atom. The largest absolute Gasteiger partial charge is 0.340 e. The van der Waals surface area contributed by atoms with E-state index in [4.69, 9.17) is 0 Å². The summed E-state index contributed by atoms with van der Waals surface area (Å²) in [4.78, 5) is 0. The van der Waals surface area contributed by atoms with Crippen molar-refractivity contribution in [3.63, 3.8) is 0 Å². The molecule has 0 unspecified atom stereocenters. The lowest BCUT2D eigenvalue weighted by atomic mass is 10.2. The van der Waals surface area contributed by atoms with Gasteiger partial charge in [0.25, 0.3) is 0 Å². The van der Waals surface area contributed by atoms with Crippen LogP contribution in [0.5, 0.6) is 0 Å². The van der Waals surface area contributed by atoms with Crippen molar-refractivity contribution in [2.45, 2.75) is 32.4 Å². The van der Waals surface area contributed by atoms with Crippen LogP contribution in [0.2, 0.25) is 0 Å². The predicted molar refractivity (Wildman–Crippen MR) is 81.7 cm³/mol. The van der Waals surface area contributed by atoms with Crippen molar-refractivity contribution in [3.8, 4) is 0 Å². The van der Waals surface area contributed by atoms with Gasteiger partial charge in [0.2, 0.25) is 0 Å². The molecule has 0 N–H and O–H groups in total.